The zero-order valence-electron chi connectivity index (χ0n) is 10.2. The monoisotopic (exact) mass is 336 g/mol. The first-order chi connectivity index (χ1) is 9.70. The number of hydrogen-bond donors (Lipinski definition) is 2. The van der Waals surface area contributed by atoms with E-state index >= 15 is 0 Å². The van der Waals surface area contributed by atoms with E-state index in [0.717, 1.165) is 18.2 Å². The van der Waals surface area contributed by atoms with Crippen LogP contribution in [-0.2, 0) is 10.0 Å². The van der Waals surface area contributed by atoms with Crippen molar-refractivity contribution in [2.24, 2.45) is 0 Å². The summed E-state index contributed by atoms with van der Waals surface area (Å²) in [5.41, 5.74) is 4.71. The van der Waals surface area contributed by atoms with Gasteiger partial charge in [0.05, 0.1) is 10.7 Å². The number of nitrogens with two attached hydrogens (primary N) is 1. The second kappa shape index (κ2) is 5.45. The van der Waals surface area contributed by atoms with Crippen LogP contribution in [-0.4, -0.2) is 8.42 Å². The molecule has 0 radical (unpaired) electrons. The van der Waals surface area contributed by atoms with Crippen molar-refractivity contribution in [2.45, 2.75) is 4.90 Å². The molecule has 0 unspecified atom stereocenters. The molecule has 0 aliphatic rings. The maximum Gasteiger partial charge on any atom is 0.267 e. The zero-order chi connectivity index (χ0) is 15.8. The minimum atomic E-state index is -4.59. The first-order valence-electron chi connectivity index (χ1n) is 5.43. The quantitative estimate of drug-likeness (QED) is 0.846. The molecule has 0 amide bonds. The molecule has 9 heteroatoms. The van der Waals surface area contributed by atoms with Crippen LogP contribution >= 0.6 is 11.6 Å². The van der Waals surface area contributed by atoms with Crippen LogP contribution in [0.5, 0.6) is 0 Å². The Morgan fingerprint density at radius 1 is 1.00 bits per heavy atom. The summed E-state index contributed by atoms with van der Waals surface area (Å²) < 4.78 is 66.3. The maximum atomic E-state index is 13.6. The van der Waals surface area contributed by atoms with Crippen molar-refractivity contribution in [1.82, 2.24) is 0 Å². The normalized spacial score (nSPS) is 11.4. The molecule has 0 heterocycles. The smallest absolute Gasteiger partial charge is 0.267 e. The molecule has 3 N–H and O–H groups in total. The summed E-state index contributed by atoms with van der Waals surface area (Å²) in [6.07, 6.45) is 0. The fraction of sp³-hybridized carbons (Fsp3) is 0. The number of anilines is 2. The lowest BCUT2D eigenvalue weighted by Gasteiger charge is -2.10. The van der Waals surface area contributed by atoms with E-state index in [1.165, 1.54) is 0 Å². The third-order valence-corrected chi connectivity index (χ3v) is 4.20. The molecule has 0 atom stereocenters. The summed E-state index contributed by atoms with van der Waals surface area (Å²) in [7, 11) is -4.59. The van der Waals surface area contributed by atoms with E-state index in [0.29, 0.717) is 12.1 Å². The fourth-order valence-electron chi connectivity index (χ4n) is 1.60. The molecule has 0 saturated carbocycles. The molecule has 0 spiro atoms. The molecular formula is C12H8ClF3N2O2S. The number of benzene rings is 2. The van der Waals surface area contributed by atoms with Crippen molar-refractivity contribution < 1.29 is 21.6 Å². The van der Waals surface area contributed by atoms with Gasteiger partial charge in [0.2, 0.25) is 0 Å². The first kappa shape index (κ1) is 15.5. The summed E-state index contributed by atoms with van der Waals surface area (Å²) in [4.78, 5) is -1.20. The molecule has 0 fully saturated rings. The Labute approximate surface area is 123 Å². The van der Waals surface area contributed by atoms with E-state index < -0.39 is 32.4 Å². The van der Waals surface area contributed by atoms with Gasteiger partial charge in [0.1, 0.15) is 17.5 Å². The largest absolute Gasteiger partial charge is 0.399 e. The fourth-order valence-corrected chi connectivity index (χ4v) is 2.89. The maximum absolute atomic E-state index is 13.6. The van der Waals surface area contributed by atoms with Crippen LogP contribution < -0.4 is 10.5 Å². The number of hydrogen-bond acceptors (Lipinski definition) is 3. The highest BCUT2D eigenvalue weighted by Gasteiger charge is 2.25. The van der Waals surface area contributed by atoms with Gasteiger partial charge in [-0.2, -0.15) is 0 Å². The van der Waals surface area contributed by atoms with Crippen LogP contribution in [0, 0.1) is 17.5 Å². The third kappa shape index (κ3) is 3.22. The van der Waals surface area contributed by atoms with E-state index in [1.807, 2.05) is 4.72 Å². The topological polar surface area (TPSA) is 72.2 Å². The Hall–Kier alpha value is -1.93. The van der Waals surface area contributed by atoms with E-state index in [-0.39, 0.29) is 16.4 Å². The number of nitrogens with one attached hydrogen (secondary N) is 1. The molecule has 2 rings (SSSR count). The van der Waals surface area contributed by atoms with Gasteiger partial charge < -0.3 is 5.73 Å². The Morgan fingerprint density at radius 3 is 2.10 bits per heavy atom. The Bertz CT molecular complexity index is 789. The Morgan fingerprint density at radius 2 is 1.57 bits per heavy atom. The summed E-state index contributed by atoms with van der Waals surface area (Å²) in [6.45, 7) is 0. The van der Waals surface area contributed by atoms with Gasteiger partial charge in [0.15, 0.2) is 4.90 Å². The lowest BCUT2D eigenvalue weighted by atomic mass is 10.3. The summed E-state index contributed by atoms with van der Waals surface area (Å²) in [6, 6.07) is 4.37. The van der Waals surface area contributed by atoms with Gasteiger partial charge in [0.25, 0.3) is 10.0 Å². The zero-order valence-corrected chi connectivity index (χ0v) is 11.8. The molecule has 2 aromatic carbocycles. The van der Waals surface area contributed by atoms with E-state index in [4.69, 9.17) is 17.3 Å². The average molecular weight is 337 g/mol. The number of rotatable bonds is 3. The van der Waals surface area contributed by atoms with Crippen molar-refractivity contribution in [2.75, 3.05) is 10.5 Å². The summed E-state index contributed by atoms with van der Waals surface area (Å²) in [5, 5.41) is -0.220. The molecule has 0 aliphatic heterocycles. The third-order valence-electron chi connectivity index (χ3n) is 2.46. The second-order valence-corrected chi connectivity index (χ2v) is 6.07. The van der Waals surface area contributed by atoms with E-state index in [2.05, 4.69) is 0 Å². The first-order valence-corrected chi connectivity index (χ1v) is 7.29. The van der Waals surface area contributed by atoms with E-state index in [1.54, 1.807) is 0 Å². The van der Waals surface area contributed by atoms with Crippen LogP contribution in [0.1, 0.15) is 0 Å². The minimum absolute atomic E-state index is 0.220. The van der Waals surface area contributed by atoms with Crippen molar-refractivity contribution >= 4 is 33.0 Å². The molecule has 0 bridgehead atoms. The lowest BCUT2D eigenvalue weighted by molar-refractivity contribution is 0.522. The highest BCUT2D eigenvalue weighted by Crippen LogP contribution is 2.25. The molecule has 112 valence electrons. The molecule has 0 aromatic heterocycles. The van der Waals surface area contributed by atoms with Crippen LogP contribution in [0.4, 0.5) is 24.5 Å². The SMILES string of the molecule is Nc1cc(F)c(S(=O)(=O)Nc2ccc(Cl)c(F)c2)c(F)c1. The molecular weight excluding hydrogens is 329 g/mol. The number of sulfonamides is 1. The van der Waals surface area contributed by atoms with Crippen molar-refractivity contribution in [3.05, 3.63) is 52.8 Å². The lowest BCUT2D eigenvalue weighted by Crippen LogP contribution is -2.17. The van der Waals surface area contributed by atoms with Gasteiger partial charge in [-0.3, -0.25) is 4.72 Å². The van der Waals surface area contributed by atoms with Crippen LogP contribution in [0.2, 0.25) is 5.02 Å². The van der Waals surface area contributed by atoms with Gasteiger partial charge in [-0.1, -0.05) is 11.6 Å². The number of halogens is 4. The molecule has 4 nitrogen and oxygen atoms in total. The Kier molecular flexibility index (Phi) is 4.02. The van der Waals surface area contributed by atoms with Crippen LogP contribution in [0.15, 0.2) is 35.2 Å². The van der Waals surface area contributed by atoms with Gasteiger partial charge in [-0.15, -0.1) is 0 Å². The number of nitrogen functional groups attached to an aromatic ring is 1. The summed E-state index contributed by atoms with van der Waals surface area (Å²) >= 11 is 5.45. The Balaban J connectivity index is 2.46. The van der Waals surface area contributed by atoms with E-state index in [9.17, 15) is 21.6 Å². The second-order valence-electron chi connectivity index (χ2n) is 4.05. The molecule has 0 saturated heterocycles. The van der Waals surface area contributed by atoms with Crippen molar-refractivity contribution in [3.8, 4) is 0 Å². The standard InChI is InChI=1S/C12H8ClF3N2O2S/c13-8-2-1-7(5-9(8)14)18-21(19,20)12-10(15)3-6(17)4-11(12)16/h1-5,18H,17H2. The minimum Gasteiger partial charge on any atom is -0.399 e. The van der Waals surface area contributed by atoms with Gasteiger partial charge in [-0.05, 0) is 30.3 Å². The predicted octanol–water partition coefficient (Wildman–Crippen LogP) is 3.14. The van der Waals surface area contributed by atoms with Crippen molar-refractivity contribution in [1.29, 1.82) is 0 Å². The molecule has 2 aromatic rings. The highest BCUT2D eigenvalue weighted by atomic mass is 35.5. The molecule has 21 heavy (non-hydrogen) atoms. The van der Waals surface area contributed by atoms with Gasteiger partial charge >= 0.3 is 0 Å². The average Bonchev–Trinajstić information content (AvgIpc) is 2.31. The van der Waals surface area contributed by atoms with Gasteiger partial charge in [0, 0.05) is 5.69 Å². The van der Waals surface area contributed by atoms with Crippen LogP contribution in [0.25, 0.3) is 0 Å². The predicted molar refractivity (Wildman–Crippen MR) is 73.0 cm³/mol. The van der Waals surface area contributed by atoms with Crippen molar-refractivity contribution in [3.63, 3.8) is 0 Å². The summed E-state index contributed by atoms with van der Waals surface area (Å²) in [5.74, 6) is -3.58. The van der Waals surface area contributed by atoms with Crippen LogP contribution in [0.3, 0.4) is 0 Å². The highest BCUT2D eigenvalue weighted by molar-refractivity contribution is 7.92. The molecule has 0 aliphatic carbocycles. The van der Waals surface area contributed by atoms with Gasteiger partial charge in [-0.25, -0.2) is 21.6 Å².